The number of hydrogen-bond acceptors (Lipinski definition) is 4. The third-order valence-electron chi connectivity index (χ3n) is 5.56. The van der Waals surface area contributed by atoms with Crippen LogP contribution >= 0.6 is 0 Å². The Morgan fingerprint density at radius 3 is 2.23 bits per heavy atom. The zero-order valence-corrected chi connectivity index (χ0v) is 18.4. The topological polar surface area (TPSA) is 86.8 Å². The van der Waals surface area contributed by atoms with Crippen LogP contribution in [0, 0.1) is 11.3 Å². The van der Waals surface area contributed by atoms with Crippen LogP contribution in [0.5, 0.6) is 0 Å². The molecule has 2 heterocycles. The standard InChI is InChI=1S/C23H31N3O4/c1-14(2)13-26-20(28)17-7-6-15(12-18(17)21(26)29)19(27)25-10-8-16(9-11-25)24-22(30)23(3,4)5/h6-7,12,14,16H,8-11,13H2,1-5H3,(H,24,30). The van der Waals surface area contributed by atoms with E-state index in [-0.39, 0.29) is 35.6 Å². The van der Waals surface area contributed by atoms with Crippen LogP contribution in [0.2, 0.25) is 0 Å². The molecule has 0 aliphatic carbocycles. The van der Waals surface area contributed by atoms with Gasteiger partial charge in [-0.3, -0.25) is 24.1 Å². The summed E-state index contributed by atoms with van der Waals surface area (Å²) in [6, 6.07) is 4.81. The number of benzene rings is 1. The molecule has 1 saturated heterocycles. The number of imide groups is 1. The first kappa shape index (κ1) is 22.0. The Balaban J connectivity index is 1.66. The second-order valence-corrected chi connectivity index (χ2v) is 9.67. The molecule has 162 valence electrons. The van der Waals surface area contributed by atoms with E-state index in [4.69, 9.17) is 0 Å². The normalized spacial score (nSPS) is 17.5. The lowest BCUT2D eigenvalue weighted by atomic mass is 9.94. The number of rotatable bonds is 4. The van der Waals surface area contributed by atoms with Crippen molar-refractivity contribution < 1.29 is 19.2 Å². The molecule has 1 aromatic carbocycles. The number of fused-ring (bicyclic) bond motifs is 1. The summed E-state index contributed by atoms with van der Waals surface area (Å²) in [4.78, 5) is 53.3. The molecule has 0 saturated carbocycles. The third-order valence-corrected chi connectivity index (χ3v) is 5.56. The van der Waals surface area contributed by atoms with Crippen molar-refractivity contribution in [2.75, 3.05) is 19.6 Å². The summed E-state index contributed by atoms with van der Waals surface area (Å²) < 4.78 is 0. The number of likely N-dealkylation sites (tertiary alicyclic amines) is 1. The molecule has 1 fully saturated rings. The molecule has 3 rings (SSSR count). The van der Waals surface area contributed by atoms with E-state index < -0.39 is 5.41 Å². The molecule has 0 spiro atoms. The van der Waals surface area contributed by atoms with Gasteiger partial charge >= 0.3 is 0 Å². The number of hydrogen-bond donors (Lipinski definition) is 1. The summed E-state index contributed by atoms with van der Waals surface area (Å²) >= 11 is 0. The lowest BCUT2D eigenvalue weighted by Crippen LogP contribution is -2.49. The number of carbonyl (C=O) groups is 4. The lowest BCUT2D eigenvalue weighted by molar-refractivity contribution is -0.129. The molecule has 1 aromatic rings. The van der Waals surface area contributed by atoms with Crippen molar-refractivity contribution in [3.63, 3.8) is 0 Å². The van der Waals surface area contributed by atoms with E-state index >= 15 is 0 Å². The summed E-state index contributed by atoms with van der Waals surface area (Å²) in [7, 11) is 0. The van der Waals surface area contributed by atoms with Crippen LogP contribution in [-0.2, 0) is 4.79 Å². The molecule has 4 amide bonds. The first-order chi connectivity index (χ1) is 14.0. The van der Waals surface area contributed by atoms with Gasteiger partial charge in [0, 0.05) is 36.7 Å². The monoisotopic (exact) mass is 413 g/mol. The molecule has 30 heavy (non-hydrogen) atoms. The van der Waals surface area contributed by atoms with Gasteiger partial charge in [-0.1, -0.05) is 34.6 Å². The Labute approximate surface area is 177 Å². The Morgan fingerprint density at radius 1 is 1.07 bits per heavy atom. The van der Waals surface area contributed by atoms with E-state index in [0.29, 0.717) is 49.2 Å². The Morgan fingerprint density at radius 2 is 1.67 bits per heavy atom. The molecule has 0 radical (unpaired) electrons. The van der Waals surface area contributed by atoms with Gasteiger partial charge in [0.1, 0.15) is 0 Å². The number of piperidine rings is 1. The van der Waals surface area contributed by atoms with Crippen molar-refractivity contribution in [1.29, 1.82) is 0 Å². The van der Waals surface area contributed by atoms with Crippen molar-refractivity contribution in [3.8, 4) is 0 Å². The van der Waals surface area contributed by atoms with Crippen molar-refractivity contribution in [1.82, 2.24) is 15.1 Å². The molecule has 7 nitrogen and oxygen atoms in total. The molecule has 0 atom stereocenters. The highest BCUT2D eigenvalue weighted by molar-refractivity contribution is 6.22. The molecular formula is C23H31N3O4. The second kappa shape index (κ2) is 8.20. The van der Waals surface area contributed by atoms with Gasteiger partial charge in [0.25, 0.3) is 17.7 Å². The van der Waals surface area contributed by atoms with E-state index in [2.05, 4.69) is 5.32 Å². The van der Waals surface area contributed by atoms with Crippen molar-refractivity contribution in [2.45, 2.75) is 53.5 Å². The SMILES string of the molecule is CC(C)CN1C(=O)c2ccc(C(=O)N3CCC(NC(=O)C(C)(C)C)CC3)cc2C1=O. The first-order valence-corrected chi connectivity index (χ1v) is 10.6. The highest BCUT2D eigenvalue weighted by atomic mass is 16.2. The maximum absolute atomic E-state index is 13.0. The fourth-order valence-corrected chi connectivity index (χ4v) is 3.77. The molecule has 2 aliphatic heterocycles. The highest BCUT2D eigenvalue weighted by Gasteiger charge is 2.36. The molecular weight excluding hydrogens is 382 g/mol. The van der Waals surface area contributed by atoms with Gasteiger partial charge in [0.2, 0.25) is 5.91 Å². The van der Waals surface area contributed by atoms with Crippen molar-refractivity contribution in [3.05, 3.63) is 34.9 Å². The van der Waals surface area contributed by atoms with E-state index in [0.717, 1.165) is 0 Å². The highest BCUT2D eigenvalue weighted by Crippen LogP contribution is 2.26. The second-order valence-electron chi connectivity index (χ2n) is 9.67. The summed E-state index contributed by atoms with van der Waals surface area (Å²) in [5, 5.41) is 3.06. The summed E-state index contributed by atoms with van der Waals surface area (Å²) in [5.74, 6) is -0.588. The maximum Gasteiger partial charge on any atom is 0.261 e. The molecule has 0 aromatic heterocycles. The van der Waals surface area contributed by atoms with Crippen LogP contribution in [0.4, 0.5) is 0 Å². The van der Waals surface area contributed by atoms with Crippen molar-refractivity contribution in [2.24, 2.45) is 11.3 Å². The molecule has 0 bridgehead atoms. The van der Waals surface area contributed by atoms with Crippen LogP contribution in [0.25, 0.3) is 0 Å². The maximum atomic E-state index is 13.0. The predicted molar refractivity (Wildman–Crippen MR) is 113 cm³/mol. The van der Waals surface area contributed by atoms with Crippen LogP contribution in [0.1, 0.15) is 78.5 Å². The Hall–Kier alpha value is -2.70. The summed E-state index contributed by atoms with van der Waals surface area (Å²) in [6.07, 6.45) is 1.39. The van der Waals surface area contributed by atoms with Crippen LogP contribution in [-0.4, -0.2) is 59.1 Å². The van der Waals surface area contributed by atoms with Gasteiger partial charge in [-0.2, -0.15) is 0 Å². The van der Waals surface area contributed by atoms with Crippen LogP contribution in [0.3, 0.4) is 0 Å². The smallest absolute Gasteiger partial charge is 0.261 e. The van der Waals surface area contributed by atoms with Crippen LogP contribution in [0.15, 0.2) is 18.2 Å². The summed E-state index contributed by atoms with van der Waals surface area (Å²) in [6.45, 7) is 11.0. The van der Waals surface area contributed by atoms with Gasteiger partial charge in [-0.05, 0) is 37.0 Å². The number of amides is 4. The fraction of sp³-hybridized carbons (Fsp3) is 0.565. The minimum atomic E-state index is -0.440. The number of carbonyl (C=O) groups excluding carboxylic acids is 4. The van der Waals surface area contributed by atoms with E-state index in [1.165, 1.54) is 4.90 Å². The van der Waals surface area contributed by atoms with E-state index in [1.807, 2.05) is 34.6 Å². The van der Waals surface area contributed by atoms with E-state index in [1.54, 1.807) is 23.1 Å². The van der Waals surface area contributed by atoms with Gasteiger partial charge in [-0.15, -0.1) is 0 Å². The molecule has 0 unspecified atom stereocenters. The average Bonchev–Trinajstić information content (AvgIpc) is 2.91. The van der Waals surface area contributed by atoms with Crippen LogP contribution < -0.4 is 5.32 Å². The minimum absolute atomic E-state index is 0.0139. The lowest BCUT2D eigenvalue weighted by Gasteiger charge is -2.33. The average molecular weight is 414 g/mol. The quantitative estimate of drug-likeness (QED) is 0.769. The number of nitrogens with one attached hydrogen (secondary N) is 1. The van der Waals surface area contributed by atoms with Gasteiger partial charge in [0.15, 0.2) is 0 Å². The van der Waals surface area contributed by atoms with Crippen molar-refractivity contribution >= 4 is 23.6 Å². The van der Waals surface area contributed by atoms with Gasteiger partial charge in [-0.25, -0.2) is 0 Å². The zero-order valence-electron chi connectivity index (χ0n) is 18.4. The zero-order chi connectivity index (χ0) is 22.2. The predicted octanol–water partition coefficient (Wildman–Crippen LogP) is 2.71. The van der Waals surface area contributed by atoms with Gasteiger partial charge < -0.3 is 10.2 Å². The third kappa shape index (κ3) is 4.40. The Bertz CT molecular complexity index is 877. The largest absolute Gasteiger partial charge is 0.353 e. The van der Waals surface area contributed by atoms with E-state index in [9.17, 15) is 19.2 Å². The molecule has 2 aliphatic rings. The molecule has 1 N–H and O–H groups in total. The molecule has 7 heteroatoms. The fourth-order valence-electron chi connectivity index (χ4n) is 3.77. The number of nitrogens with zero attached hydrogens (tertiary/aromatic N) is 2. The Kier molecular flexibility index (Phi) is 6.01. The minimum Gasteiger partial charge on any atom is -0.353 e. The van der Waals surface area contributed by atoms with Gasteiger partial charge in [0.05, 0.1) is 11.1 Å². The summed E-state index contributed by atoms with van der Waals surface area (Å²) in [5.41, 5.74) is 0.642. The first-order valence-electron chi connectivity index (χ1n) is 10.6.